The van der Waals surface area contributed by atoms with E-state index in [2.05, 4.69) is 18.7 Å². The Labute approximate surface area is 115 Å². The molecule has 0 bridgehead atoms. The van der Waals surface area contributed by atoms with Gasteiger partial charge < -0.3 is 4.90 Å². The van der Waals surface area contributed by atoms with Crippen LogP contribution in [0.1, 0.15) is 84.5 Å². The van der Waals surface area contributed by atoms with Crippen molar-refractivity contribution in [2.75, 3.05) is 19.6 Å². The van der Waals surface area contributed by atoms with Crippen LogP contribution in [-0.2, 0) is 0 Å². The first-order valence-electron chi connectivity index (χ1n) is 8.59. The molecule has 1 aliphatic heterocycles. The molecule has 108 valence electrons. The molecule has 0 atom stereocenters. The van der Waals surface area contributed by atoms with Crippen LogP contribution in [0.25, 0.3) is 0 Å². The second-order valence-corrected chi connectivity index (χ2v) is 6.20. The molecular weight excluding hydrogens is 218 g/mol. The fraction of sp³-hybridized carbons (Fsp3) is 1.00. The van der Waals surface area contributed by atoms with Crippen molar-refractivity contribution in [3.05, 3.63) is 0 Å². The third-order valence-electron chi connectivity index (χ3n) is 4.50. The quantitative estimate of drug-likeness (QED) is 0.481. The summed E-state index contributed by atoms with van der Waals surface area (Å²) in [4.78, 5) is 2.71. The fourth-order valence-electron chi connectivity index (χ4n) is 3.11. The van der Waals surface area contributed by atoms with Crippen LogP contribution in [0.15, 0.2) is 0 Å². The summed E-state index contributed by atoms with van der Waals surface area (Å²) >= 11 is 0. The van der Waals surface area contributed by atoms with E-state index in [0.717, 1.165) is 5.92 Å². The molecule has 0 saturated carbocycles. The standard InChI is InChI=1S/C17H35N/c1-3-5-7-8-9-10-14-18-15-12-17(13-16-18)11-6-4-2/h17H,3-16H2,1-2H3. The predicted octanol–water partition coefficient (Wildman–Crippen LogP) is 5.25. The highest BCUT2D eigenvalue weighted by Gasteiger charge is 2.17. The Kier molecular flexibility index (Phi) is 9.65. The molecule has 1 heteroatoms. The topological polar surface area (TPSA) is 3.24 Å². The minimum atomic E-state index is 1.05. The van der Waals surface area contributed by atoms with Crippen molar-refractivity contribution in [3.63, 3.8) is 0 Å². The zero-order valence-electron chi connectivity index (χ0n) is 12.9. The second kappa shape index (κ2) is 10.8. The predicted molar refractivity (Wildman–Crippen MR) is 82.1 cm³/mol. The highest BCUT2D eigenvalue weighted by atomic mass is 15.1. The monoisotopic (exact) mass is 253 g/mol. The Balaban J connectivity index is 1.92. The van der Waals surface area contributed by atoms with Gasteiger partial charge in [0.15, 0.2) is 0 Å². The van der Waals surface area contributed by atoms with Crippen LogP contribution < -0.4 is 0 Å². The van der Waals surface area contributed by atoms with E-state index in [1.807, 2.05) is 0 Å². The van der Waals surface area contributed by atoms with Crippen molar-refractivity contribution in [2.24, 2.45) is 5.92 Å². The third kappa shape index (κ3) is 7.41. The van der Waals surface area contributed by atoms with Crippen LogP contribution in [0.5, 0.6) is 0 Å². The maximum atomic E-state index is 2.71. The SMILES string of the molecule is CCCCCCCCN1CCC(CCCC)CC1. The Morgan fingerprint density at radius 3 is 2.06 bits per heavy atom. The van der Waals surface area contributed by atoms with E-state index >= 15 is 0 Å². The van der Waals surface area contributed by atoms with Crippen molar-refractivity contribution < 1.29 is 0 Å². The smallest absolute Gasteiger partial charge is 0.00161 e. The maximum absolute atomic E-state index is 2.71. The second-order valence-electron chi connectivity index (χ2n) is 6.20. The van der Waals surface area contributed by atoms with Gasteiger partial charge in [0.2, 0.25) is 0 Å². The number of rotatable bonds is 10. The highest BCUT2D eigenvalue weighted by molar-refractivity contribution is 4.72. The summed E-state index contributed by atoms with van der Waals surface area (Å²) in [5, 5.41) is 0. The lowest BCUT2D eigenvalue weighted by atomic mass is 9.91. The Morgan fingerprint density at radius 1 is 0.778 bits per heavy atom. The summed E-state index contributed by atoms with van der Waals surface area (Å²) in [6.07, 6.45) is 15.8. The zero-order valence-corrected chi connectivity index (χ0v) is 12.9. The van der Waals surface area contributed by atoms with Crippen LogP contribution in [0.2, 0.25) is 0 Å². The largest absolute Gasteiger partial charge is 0.303 e. The van der Waals surface area contributed by atoms with Crippen molar-refractivity contribution in [3.8, 4) is 0 Å². The molecule has 0 amide bonds. The summed E-state index contributed by atoms with van der Waals surface area (Å²) in [5.41, 5.74) is 0. The van der Waals surface area contributed by atoms with Gasteiger partial charge in [-0.05, 0) is 44.8 Å². The van der Waals surface area contributed by atoms with Crippen molar-refractivity contribution in [1.29, 1.82) is 0 Å². The van der Waals surface area contributed by atoms with Crippen molar-refractivity contribution in [2.45, 2.75) is 84.5 Å². The van der Waals surface area contributed by atoms with Crippen LogP contribution in [0.4, 0.5) is 0 Å². The molecule has 0 radical (unpaired) electrons. The first kappa shape index (κ1) is 16.0. The molecule has 0 aliphatic carbocycles. The van der Waals surface area contributed by atoms with Gasteiger partial charge in [0.25, 0.3) is 0 Å². The lowest BCUT2D eigenvalue weighted by molar-refractivity contribution is 0.174. The Hall–Kier alpha value is -0.0400. The maximum Gasteiger partial charge on any atom is -0.00161 e. The highest BCUT2D eigenvalue weighted by Crippen LogP contribution is 2.22. The van der Waals surface area contributed by atoms with E-state index in [-0.39, 0.29) is 0 Å². The molecule has 0 aromatic rings. The van der Waals surface area contributed by atoms with Gasteiger partial charge in [-0.3, -0.25) is 0 Å². The van der Waals surface area contributed by atoms with Gasteiger partial charge in [0, 0.05) is 0 Å². The normalized spacial score (nSPS) is 18.3. The minimum Gasteiger partial charge on any atom is -0.303 e. The first-order chi connectivity index (χ1) is 8.86. The summed E-state index contributed by atoms with van der Waals surface area (Å²) < 4.78 is 0. The van der Waals surface area contributed by atoms with E-state index in [0.29, 0.717) is 0 Å². The first-order valence-corrected chi connectivity index (χ1v) is 8.59. The van der Waals surface area contributed by atoms with E-state index in [1.165, 1.54) is 90.3 Å². The van der Waals surface area contributed by atoms with Crippen LogP contribution in [-0.4, -0.2) is 24.5 Å². The van der Waals surface area contributed by atoms with Gasteiger partial charge in [0.05, 0.1) is 0 Å². The van der Waals surface area contributed by atoms with E-state index < -0.39 is 0 Å². The third-order valence-corrected chi connectivity index (χ3v) is 4.50. The molecule has 0 spiro atoms. The molecule has 1 fully saturated rings. The van der Waals surface area contributed by atoms with Crippen molar-refractivity contribution >= 4 is 0 Å². The molecule has 1 nitrogen and oxygen atoms in total. The van der Waals surface area contributed by atoms with E-state index in [4.69, 9.17) is 0 Å². The van der Waals surface area contributed by atoms with Gasteiger partial charge in [-0.1, -0.05) is 65.2 Å². The van der Waals surface area contributed by atoms with Gasteiger partial charge in [-0.25, -0.2) is 0 Å². The van der Waals surface area contributed by atoms with E-state index in [1.54, 1.807) is 0 Å². The summed E-state index contributed by atoms with van der Waals surface area (Å²) in [5.74, 6) is 1.05. The lowest BCUT2D eigenvalue weighted by Gasteiger charge is -2.32. The summed E-state index contributed by atoms with van der Waals surface area (Å²) in [7, 11) is 0. The average molecular weight is 253 g/mol. The van der Waals surface area contributed by atoms with Gasteiger partial charge in [-0.2, -0.15) is 0 Å². The summed E-state index contributed by atoms with van der Waals surface area (Å²) in [6, 6.07) is 0. The van der Waals surface area contributed by atoms with Crippen LogP contribution in [0.3, 0.4) is 0 Å². The lowest BCUT2D eigenvalue weighted by Crippen LogP contribution is -2.34. The number of hydrogen-bond donors (Lipinski definition) is 0. The van der Waals surface area contributed by atoms with Gasteiger partial charge >= 0.3 is 0 Å². The molecule has 1 saturated heterocycles. The molecular formula is C17H35N. The number of piperidine rings is 1. The molecule has 1 rings (SSSR count). The van der Waals surface area contributed by atoms with Gasteiger partial charge in [0.1, 0.15) is 0 Å². The average Bonchev–Trinajstić information content (AvgIpc) is 2.42. The summed E-state index contributed by atoms with van der Waals surface area (Å²) in [6.45, 7) is 8.73. The number of nitrogens with zero attached hydrogens (tertiary/aromatic N) is 1. The van der Waals surface area contributed by atoms with E-state index in [9.17, 15) is 0 Å². The molecule has 0 N–H and O–H groups in total. The molecule has 1 heterocycles. The number of likely N-dealkylation sites (tertiary alicyclic amines) is 1. The van der Waals surface area contributed by atoms with Crippen LogP contribution in [0, 0.1) is 5.92 Å². The Morgan fingerprint density at radius 2 is 1.39 bits per heavy atom. The zero-order chi connectivity index (χ0) is 13.1. The van der Waals surface area contributed by atoms with Crippen molar-refractivity contribution in [1.82, 2.24) is 4.90 Å². The fourth-order valence-corrected chi connectivity index (χ4v) is 3.11. The number of hydrogen-bond acceptors (Lipinski definition) is 1. The molecule has 0 aromatic carbocycles. The number of unbranched alkanes of at least 4 members (excludes halogenated alkanes) is 6. The Bertz CT molecular complexity index is 170. The molecule has 1 aliphatic rings. The minimum absolute atomic E-state index is 1.05. The van der Waals surface area contributed by atoms with Gasteiger partial charge in [-0.15, -0.1) is 0 Å². The molecule has 0 aromatic heterocycles. The molecule has 0 unspecified atom stereocenters. The molecule has 18 heavy (non-hydrogen) atoms. The van der Waals surface area contributed by atoms with Crippen LogP contribution >= 0.6 is 0 Å².